The standard InChI is InChI=1S/C14H20FNO/c1-2-9-17-14-10-12(3-4-13(14)15)11-5-7-16-8-6-11/h3-4,10-11,16H,2,5-9H2,1H3. The van der Waals surface area contributed by atoms with Crippen LogP contribution in [0.3, 0.4) is 0 Å². The number of hydrogen-bond donors (Lipinski definition) is 1. The molecule has 2 rings (SSSR count). The van der Waals surface area contributed by atoms with Gasteiger partial charge in [0.15, 0.2) is 11.6 Å². The zero-order valence-electron chi connectivity index (χ0n) is 10.3. The molecule has 1 aromatic carbocycles. The van der Waals surface area contributed by atoms with Crippen molar-refractivity contribution < 1.29 is 9.13 Å². The maximum atomic E-state index is 13.5. The molecule has 3 heteroatoms. The maximum absolute atomic E-state index is 13.5. The van der Waals surface area contributed by atoms with E-state index in [0.29, 0.717) is 18.3 Å². The molecule has 1 saturated heterocycles. The van der Waals surface area contributed by atoms with Gasteiger partial charge in [-0.1, -0.05) is 13.0 Å². The summed E-state index contributed by atoms with van der Waals surface area (Å²) < 4.78 is 18.9. The van der Waals surface area contributed by atoms with Gasteiger partial charge >= 0.3 is 0 Å². The molecule has 1 fully saturated rings. The van der Waals surface area contributed by atoms with E-state index in [9.17, 15) is 4.39 Å². The summed E-state index contributed by atoms with van der Waals surface area (Å²) in [5, 5.41) is 3.34. The lowest BCUT2D eigenvalue weighted by molar-refractivity contribution is 0.300. The van der Waals surface area contributed by atoms with Crippen molar-refractivity contribution in [1.29, 1.82) is 0 Å². The average Bonchev–Trinajstić information content (AvgIpc) is 2.39. The molecule has 0 spiro atoms. The first kappa shape index (κ1) is 12.4. The SMILES string of the molecule is CCCOc1cc(C2CCNCC2)ccc1F. The van der Waals surface area contributed by atoms with Crippen LogP contribution in [0.4, 0.5) is 4.39 Å². The summed E-state index contributed by atoms with van der Waals surface area (Å²) in [5.74, 6) is 0.694. The summed E-state index contributed by atoms with van der Waals surface area (Å²) in [6, 6.07) is 5.30. The number of ether oxygens (including phenoxy) is 1. The molecule has 1 aliphatic heterocycles. The van der Waals surface area contributed by atoms with Crippen LogP contribution in [0, 0.1) is 5.82 Å². The molecule has 0 bridgehead atoms. The van der Waals surface area contributed by atoms with Crippen molar-refractivity contribution in [2.75, 3.05) is 19.7 Å². The van der Waals surface area contributed by atoms with Crippen LogP contribution in [0.2, 0.25) is 0 Å². The van der Waals surface area contributed by atoms with Crippen molar-refractivity contribution in [3.05, 3.63) is 29.6 Å². The molecule has 0 atom stereocenters. The van der Waals surface area contributed by atoms with Gasteiger partial charge < -0.3 is 10.1 Å². The lowest BCUT2D eigenvalue weighted by Crippen LogP contribution is -2.26. The highest BCUT2D eigenvalue weighted by Crippen LogP contribution is 2.29. The van der Waals surface area contributed by atoms with E-state index in [2.05, 4.69) is 5.32 Å². The second kappa shape index (κ2) is 6.01. The van der Waals surface area contributed by atoms with Crippen LogP contribution in [0.5, 0.6) is 5.75 Å². The van der Waals surface area contributed by atoms with Gasteiger partial charge in [0, 0.05) is 0 Å². The monoisotopic (exact) mass is 237 g/mol. The first-order valence-electron chi connectivity index (χ1n) is 6.44. The van der Waals surface area contributed by atoms with Gasteiger partial charge in [0.2, 0.25) is 0 Å². The molecule has 0 unspecified atom stereocenters. The summed E-state index contributed by atoms with van der Waals surface area (Å²) in [5.41, 5.74) is 1.21. The first-order valence-corrected chi connectivity index (χ1v) is 6.44. The highest BCUT2D eigenvalue weighted by Gasteiger charge is 2.16. The molecule has 0 amide bonds. The summed E-state index contributed by atoms with van der Waals surface area (Å²) in [6.07, 6.45) is 3.15. The number of benzene rings is 1. The fraction of sp³-hybridized carbons (Fsp3) is 0.571. The average molecular weight is 237 g/mol. The lowest BCUT2D eigenvalue weighted by Gasteiger charge is -2.23. The van der Waals surface area contributed by atoms with E-state index in [1.165, 1.54) is 11.6 Å². The van der Waals surface area contributed by atoms with E-state index >= 15 is 0 Å². The molecular formula is C14H20FNO. The Bertz CT molecular complexity index is 361. The summed E-state index contributed by atoms with van der Waals surface area (Å²) >= 11 is 0. The highest BCUT2D eigenvalue weighted by atomic mass is 19.1. The molecule has 1 N–H and O–H groups in total. The number of piperidine rings is 1. The minimum Gasteiger partial charge on any atom is -0.491 e. The van der Waals surface area contributed by atoms with E-state index in [-0.39, 0.29) is 5.82 Å². The molecule has 0 aromatic heterocycles. The Balaban J connectivity index is 2.11. The molecule has 0 saturated carbocycles. The molecule has 1 aliphatic rings. The van der Waals surface area contributed by atoms with Gasteiger partial charge in [0.05, 0.1) is 6.61 Å². The fourth-order valence-corrected chi connectivity index (χ4v) is 2.25. The van der Waals surface area contributed by atoms with Crippen LogP contribution in [0.25, 0.3) is 0 Å². The molecule has 1 aromatic rings. The van der Waals surface area contributed by atoms with Gasteiger partial charge in [-0.2, -0.15) is 0 Å². The fourth-order valence-electron chi connectivity index (χ4n) is 2.25. The van der Waals surface area contributed by atoms with Crippen LogP contribution in [0.15, 0.2) is 18.2 Å². The van der Waals surface area contributed by atoms with E-state index in [0.717, 1.165) is 32.4 Å². The third-order valence-electron chi connectivity index (χ3n) is 3.23. The van der Waals surface area contributed by atoms with Gasteiger partial charge in [0.25, 0.3) is 0 Å². The van der Waals surface area contributed by atoms with E-state index < -0.39 is 0 Å². The second-order valence-corrected chi connectivity index (χ2v) is 4.56. The van der Waals surface area contributed by atoms with Gasteiger partial charge in [0.1, 0.15) is 0 Å². The van der Waals surface area contributed by atoms with Crippen LogP contribution in [-0.4, -0.2) is 19.7 Å². The number of halogens is 1. The minimum atomic E-state index is -0.254. The van der Waals surface area contributed by atoms with E-state index in [1.807, 2.05) is 19.1 Å². The third kappa shape index (κ3) is 3.19. The predicted molar refractivity (Wildman–Crippen MR) is 67.0 cm³/mol. The molecule has 1 heterocycles. The van der Waals surface area contributed by atoms with Crippen LogP contribution >= 0.6 is 0 Å². The highest BCUT2D eigenvalue weighted by molar-refractivity contribution is 5.32. The van der Waals surface area contributed by atoms with Crippen LogP contribution in [-0.2, 0) is 0 Å². The zero-order chi connectivity index (χ0) is 12.1. The quantitative estimate of drug-likeness (QED) is 0.869. The third-order valence-corrected chi connectivity index (χ3v) is 3.23. The summed E-state index contributed by atoms with van der Waals surface area (Å²) in [6.45, 7) is 4.70. The Morgan fingerprint density at radius 3 is 2.82 bits per heavy atom. The van der Waals surface area contributed by atoms with Gasteiger partial charge in [-0.25, -0.2) is 4.39 Å². The maximum Gasteiger partial charge on any atom is 0.165 e. The van der Waals surface area contributed by atoms with Crippen molar-refractivity contribution in [3.8, 4) is 5.75 Å². The normalized spacial score (nSPS) is 17.1. The van der Waals surface area contributed by atoms with Crippen molar-refractivity contribution in [1.82, 2.24) is 5.32 Å². The zero-order valence-corrected chi connectivity index (χ0v) is 10.3. The number of rotatable bonds is 4. The Labute approximate surface area is 102 Å². The van der Waals surface area contributed by atoms with Gasteiger partial charge in [-0.15, -0.1) is 0 Å². The molecule has 0 radical (unpaired) electrons. The second-order valence-electron chi connectivity index (χ2n) is 4.56. The van der Waals surface area contributed by atoms with Crippen LogP contribution in [0.1, 0.15) is 37.7 Å². The predicted octanol–water partition coefficient (Wildman–Crippen LogP) is 3.08. The molecule has 17 heavy (non-hydrogen) atoms. The molecular weight excluding hydrogens is 217 g/mol. The number of hydrogen-bond acceptors (Lipinski definition) is 2. The molecule has 0 aliphatic carbocycles. The van der Waals surface area contributed by atoms with Crippen molar-refractivity contribution in [2.45, 2.75) is 32.1 Å². The van der Waals surface area contributed by atoms with E-state index in [4.69, 9.17) is 4.74 Å². The summed E-state index contributed by atoms with van der Waals surface area (Å²) in [4.78, 5) is 0. The largest absolute Gasteiger partial charge is 0.491 e. The minimum absolute atomic E-state index is 0.254. The van der Waals surface area contributed by atoms with Crippen LogP contribution < -0.4 is 10.1 Å². The van der Waals surface area contributed by atoms with Gasteiger partial charge in [-0.05, 0) is 56.0 Å². The molecule has 2 nitrogen and oxygen atoms in total. The molecule has 94 valence electrons. The Morgan fingerprint density at radius 1 is 1.35 bits per heavy atom. The lowest BCUT2D eigenvalue weighted by atomic mass is 9.90. The van der Waals surface area contributed by atoms with Gasteiger partial charge in [-0.3, -0.25) is 0 Å². The number of nitrogens with one attached hydrogen (secondary N) is 1. The Morgan fingerprint density at radius 2 is 2.12 bits per heavy atom. The first-order chi connectivity index (χ1) is 8.31. The Hall–Kier alpha value is -1.09. The van der Waals surface area contributed by atoms with E-state index in [1.54, 1.807) is 0 Å². The smallest absolute Gasteiger partial charge is 0.165 e. The van der Waals surface area contributed by atoms with Crippen molar-refractivity contribution in [3.63, 3.8) is 0 Å². The topological polar surface area (TPSA) is 21.3 Å². The van der Waals surface area contributed by atoms with Crippen molar-refractivity contribution in [2.24, 2.45) is 0 Å². The van der Waals surface area contributed by atoms with Crippen molar-refractivity contribution >= 4 is 0 Å². The Kier molecular flexibility index (Phi) is 4.37. The summed E-state index contributed by atoms with van der Waals surface area (Å²) in [7, 11) is 0.